The smallest absolute Gasteiger partial charge is 0.131 e. The van der Waals surface area contributed by atoms with Gasteiger partial charge in [0, 0.05) is 13.1 Å². The summed E-state index contributed by atoms with van der Waals surface area (Å²) in [6.45, 7) is 4.54. The lowest BCUT2D eigenvalue weighted by Crippen LogP contribution is -2.25. The number of rotatable bonds is 1. The number of nitrogens with zero attached hydrogens (tertiary/aromatic N) is 2. The molecular weight excluding hydrogens is 208 g/mol. The quantitative estimate of drug-likeness (QED) is 0.680. The molecule has 3 heteroatoms. The molecule has 1 aliphatic rings. The molecule has 0 N–H and O–H groups in total. The maximum atomic E-state index is 5.90. The first kappa shape index (κ1) is 10.7. The van der Waals surface area contributed by atoms with E-state index in [2.05, 4.69) is 16.8 Å². The fourth-order valence-corrected chi connectivity index (χ4v) is 2.23. The molecule has 2 rings (SSSR count). The van der Waals surface area contributed by atoms with Gasteiger partial charge < -0.3 is 4.90 Å². The summed E-state index contributed by atoms with van der Waals surface area (Å²) in [5, 5.41) is 0.588. The van der Waals surface area contributed by atoms with Crippen LogP contribution in [0.2, 0.25) is 5.15 Å². The highest BCUT2D eigenvalue weighted by atomic mass is 35.5. The predicted octanol–water partition coefficient (Wildman–Crippen LogP) is 3.36. The van der Waals surface area contributed by atoms with E-state index < -0.39 is 0 Å². The van der Waals surface area contributed by atoms with Crippen molar-refractivity contribution < 1.29 is 0 Å². The fourth-order valence-electron chi connectivity index (χ4n) is 2.07. The van der Waals surface area contributed by atoms with Crippen LogP contribution in [0.3, 0.4) is 0 Å². The van der Waals surface area contributed by atoms with Gasteiger partial charge >= 0.3 is 0 Å². The van der Waals surface area contributed by atoms with Crippen molar-refractivity contribution in [3.63, 3.8) is 0 Å². The van der Waals surface area contributed by atoms with Gasteiger partial charge in [-0.05, 0) is 37.3 Å². The van der Waals surface area contributed by atoms with Crippen LogP contribution in [0.15, 0.2) is 18.2 Å². The minimum absolute atomic E-state index is 0.588. The zero-order chi connectivity index (χ0) is 10.7. The number of hydrogen-bond donors (Lipinski definition) is 0. The summed E-state index contributed by atoms with van der Waals surface area (Å²) in [4.78, 5) is 6.70. The van der Waals surface area contributed by atoms with Gasteiger partial charge in [0.15, 0.2) is 0 Å². The molecule has 1 aliphatic heterocycles. The topological polar surface area (TPSA) is 16.1 Å². The molecule has 82 valence electrons. The maximum absolute atomic E-state index is 5.90. The molecule has 0 radical (unpaired) electrons. The largest absolute Gasteiger partial charge is 0.357 e. The summed E-state index contributed by atoms with van der Waals surface area (Å²) < 4.78 is 0. The second-order valence-corrected chi connectivity index (χ2v) is 4.73. The Balaban J connectivity index is 2.09. The van der Waals surface area contributed by atoms with Crippen molar-refractivity contribution in [1.82, 2.24) is 4.98 Å². The zero-order valence-corrected chi connectivity index (χ0v) is 9.87. The Bertz CT molecular complexity index is 327. The summed E-state index contributed by atoms with van der Waals surface area (Å²) in [6.07, 6.45) is 3.85. The van der Waals surface area contributed by atoms with E-state index in [1.807, 2.05) is 18.2 Å². The van der Waals surface area contributed by atoms with Crippen molar-refractivity contribution in [3.8, 4) is 0 Å². The Morgan fingerprint density at radius 2 is 2.20 bits per heavy atom. The SMILES string of the molecule is CC1CCCN(c2cccc(Cl)n2)CC1. The third kappa shape index (κ3) is 2.85. The molecule has 1 saturated heterocycles. The van der Waals surface area contributed by atoms with Gasteiger partial charge in [-0.3, -0.25) is 0 Å². The number of hydrogen-bond acceptors (Lipinski definition) is 2. The average Bonchev–Trinajstić information content (AvgIpc) is 2.43. The van der Waals surface area contributed by atoms with Crippen molar-refractivity contribution in [3.05, 3.63) is 23.4 Å². The van der Waals surface area contributed by atoms with Gasteiger partial charge in [-0.15, -0.1) is 0 Å². The Morgan fingerprint density at radius 1 is 1.33 bits per heavy atom. The Kier molecular flexibility index (Phi) is 3.47. The molecule has 1 atom stereocenters. The van der Waals surface area contributed by atoms with Crippen molar-refractivity contribution in [2.75, 3.05) is 18.0 Å². The summed E-state index contributed by atoms with van der Waals surface area (Å²) in [6, 6.07) is 5.84. The Labute approximate surface area is 96.3 Å². The molecule has 1 aromatic heterocycles. The molecular formula is C12H17ClN2. The van der Waals surface area contributed by atoms with Gasteiger partial charge in [0.05, 0.1) is 0 Å². The Hall–Kier alpha value is -0.760. The summed E-state index contributed by atoms with van der Waals surface area (Å²) >= 11 is 5.90. The van der Waals surface area contributed by atoms with Crippen molar-refractivity contribution in [1.29, 1.82) is 0 Å². The van der Waals surface area contributed by atoms with E-state index in [9.17, 15) is 0 Å². The van der Waals surface area contributed by atoms with Crippen LogP contribution in [0, 0.1) is 5.92 Å². The van der Waals surface area contributed by atoms with E-state index in [0.717, 1.165) is 24.8 Å². The summed E-state index contributed by atoms with van der Waals surface area (Å²) in [7, 11) is 0. The summed E-state index contributed by atoms with van der Waals surface area (Å²) in [5.74, 6) is 1.87. The zero-order valence-electron chi connectivity index (χ0n) is 9.12. The second kappa shape index (κ2) is 4.84. The minimum atomic E-state index is 0.588. The lowest BCUT2D eigenvalue weighted by Gasteiger charge is -2.21. The van der Waals surface area contributed by atoms with Gasteiger partial charge in [-0.1, -0.05) is 24.6 Å². The van der Waals surface area contributed by atoms with Crippen molar-refractivity contribution in [2.24, 2.45) is 5.92 Å². The molecule has 0 bridgehead atoms. The highest BCUT2D eigenvalue weighted by molar-refractivity contribution is 6.29. The third-order valence-corrected chi connectivity index (χ3v) is 3.25. The monoisotopic (exact) mass is 224 g/mol. The van der Waals surface area contributed by atoms with Gasteiger partial charge in [-0.25, -0.2) is 4.98 Å². The van der Waals surface area contributed by atoms with E-state index in [1.165, 1.54) is 19.3 Å². The maximum Gasteiger partial charge on any atom is 0.131 e. The van der Waals surface area contributed by atoms with Crippen LogP contribution in [-0.4, -0.2) is 18.1 Å². The van der Waals surface area contributed by atoms with E-state index >= 15 is 0 Å². The lowest BCUT2D eigenvalue weighted by molar-refractivity contribution is 0.521. The molecule has 2 nitrogen and oxygen atoms in total. The van der Waals surface area contributed by atoms with Crippen LogP contribution in [-0.2, 0) is 0 Å². The first-order chi connectivity index (χ1) is 7.25. The van der Waals surface area contributed by atoms with Crippen LogP contribution < -0.4 is 4.90 Å². The van der Waals surface area contributed by atoms with Crippen LogP contribution in [0.25, 0.3) is 0 Å². The first-order valence-corrected chi connectivity index (χ1v) is 6.01. The third-order valence-electron chi connectivity index (χ3n) is 3.04. The fraction of sp³-hybridized carbons (Fsp3) is 0.583. The highest BCUT2D eigenvalue weighted by Gasteiger charge is 2.14. The molecule has 0 aliphatic carbocycles. The number of anilines is 1. The minimum Gasteiger partial charge on any atom is -0.357 e. The van der Waals surface area contributed by atoms with Gasteiger partial charge in [0.2, 0.25) is 0 Å². The van der Waals surface area contributed by atoms with Crippen LogP contribution in [0.4, 0.5) is 5.82 Å². The molecule has 15 heavy (non-hydrogen) atoms. The molecule has 1 unspecified atom stereocenters. The van der Waals surface area contributed by atoms with Gasteiger partial charge in [0.1, 0.15) is 11.0 Å². The van der Waals surface area contributed by atoms with E-state index in [1.54, 1.807) is 0 Å². The lowest BCUT2D eigenvalue weighted by atomic mass is 10.0. The first-order valence-electron chi connectivity index (χ1n) is 5.63. The highest BCUT2D eigenvalue weighted by Crippen LogP contribution is 2.21. The number of pyridine rings is 1. The molecule has 0 aromatic carbocycles. The Morgan fingerprint density at radius 3 is 3.00 bits per heavy atom. The van der Waals surface area contributed by atoms with E-state index in [4.69, 9.17) is 11.6 Å². The number of halogens is 1. The predicted molar refractivity (Wildman–Crippen MR) is 64.5 cm³/mol. The van der Waals surface area contributed by atoms with Crippen LogP contribution >= 0.6 is 11.6 Å². The molecule has 0 amide bonds. The van der Waals surface area contributed by atoms with Gasteiger partial charge in [-0.2, -0.15) is 0 Å². The van der Waals surface area contributed by atoms with Crippen molar-refractivity contribution in [2.45, 2.75) is 26.2 Å². The second-order valence-electron chi connectivity index (χ2n) is 4.34. The van der Waals surface area contributed by atoms with Crippen LogP contribution in [0.1, 0.15) is 26.2 Å². The number of aromatic nitrogens is 1. The average molecular weight is 225 g/mol. The van der Waals surface area contributed by atoms with E-state index in [0.29, 0.717) is 5.15 Å². The normalized spacial score (nSPS) is 22.5. The molecule has 1 fully saturated rings. The molecule has 0 saturated carbocycles. The molecule has 1 aromatic rings. The van der Waals surface area contributed by atoms with Gasteiger partial charge in [0.25, 0.3) is 0 Å². The van der Waals surface area contributed by atoms with E-state index in [-0.39, 0.29) is 0 Å². The molecule has 0 spiro atoms. The van der Waals surface area contributed by atoms with Crippen molar-refractivity contribution >= 4 is 17.4 Å². The molecule has 2 heterocycles. The van der Waals surface area contributed by atoms with Crippen LogP contribution in [0.5, 0.6) is 0 Å². The summed E-state index contributed by atoms with van der Waals surface area (Å²) in [5.41, 5.74) is 0. The standard InChI is InChI=1S/C12H17ClN2/c1-10-4-3-8-15(9-7-10)12-6-2-5-11(13)14-12/h2,5-6,10H,3-4,7-9H2,1H3.